The second-order valence-electron chi connectivity index (χ2n) is 4.02. The minimum absolute atomic E-state index is 0.104. The molecule has 0 saturated carbocycles. The predicted octanol–water partition coefficient (Wildman–Crippen LogP) is -0.283. The van der Waals surface area contributed by atoms with Crippen LogP contribution in [0.4, 0.5) is 5.82 Å². The number of amides is 1. The van der Waals surface area contributed by atoms with E-state index in [1.54, 1.807) is 6.07 Å². The maximum absolute atomic E-state index is 11.6. The van der Waals surface area contributed by atoms with Crippen LogP contribution in [-0.2, 0) is 9.53 Å². The molecule has 0 spiro atoms. The van der Waals surface area contributed by atoms with Crippen molar-refractivity contribution in [2.24, 2.45) is 5.73 Å². The Kier molecular flexibility index (Phi) is 3.40. The first-order valence-corrected chi connectivity index (χ1v) is 5.61. The van der Waals surface area contributed by atoms with Crippen LogP contribution in [0.5, 0.6) is 0 Å². The van der Waals surface area contributed by atoms with E-state index >= 15 is 0 Å². The molecular formula is C11H14N4O3. The summed E-state index contributed by atoms with van der Waals surface area (Å²) < 4.78 is 4.74. The molecule has 7 nitrogen and oxygen atoms in total. The molecule has 96 valence electrons. The van der Waals surface area contributed by atoms with Crippen LogP contribution >= 0.6 is 0 Å². The lowest BCUT2D eigenvalue weighted by Gasteiger charge is -2.22. The van der Waals surface area contributed by atoms with Gasteiger partial charge in [-0.2, -0.15) is 0 Å². The number of primary amides is 1. The lowest BCUT2D eigenvalue weighted by molar-refractivity contribution is -0.141. The van der Waals surface area contributed by atoms with Crippen molar-refractivity contribution in [1.82, 2.24) is 10.2 Å². The van der Waals surface area contributed by atoms with Gasteiger partial charge in [0.15, 0.2) is 11.5 Å². The Hall–Kier alpha value is -2.18. The van der Waals surface area contributed by atoms with Crippen LogP contribution in [0.3, 0.4) is 0 Å². The van der Waals surface area contributed by atoms with Crippen LogP contribution in [-0.4, -0.2) is 41.8 Å². The molecule has 18 heavy (non-hydrogen) atoms. The van der Waals surface area contributed by atoms with Gasteiger partial charge in [0.1, 0.15) is 6.04 Å². The van der Waals surface area contributed by atoms with E-state index in [-0.39, 0.29) is 17.7 Å². The van der Waals surface area contributed by atoms with Gasteiger partial charge in [-0.1, -0.05) is 0 Å². The second kappa shape index (κ2) is 4.99. The Balaban J connectivity index is 2.20. The summed E-state index contributed by atoms with van der Waals surface area (Å²) in [7, 11) is 1.36. The molecule has 1 aromatic rings. The summed E-state index contributed by atoms with van der Waals surface area (Å²) in [4.78, 5) is 24.3. The van der Waals surface area contributed by atoms with Crippen LogP contribution in [0, 0.1) is 0 Å². The van der Waals surface area contributed by atoms with Crippen LogP contribution in [0.25, 0.3) is 0 Å². The molecular weight excluding hydrogens is 236 g/mol. The first-order valence-electron chi connectivity index (χ1n) is 5.61. The third kappa shape index (κ3) is 2.24. The SMILES string of the molecule is COC(=O)C1CCCN1c1ccc(C(N)=O)nn1. The summed E-state index contributed by atoms with van der Waals surface area (Å²) in [5, 5.41) is 7.64. The molecule has 1 aliphatic heterocycles. The topological polar surface area (TPSA) is 98.4 Å². The Morgan fingerprint density at radius 2 is 2.22 bits per heavy atom. The fraction of sp³-hybridized carbons (Fsp3) is 0.455. The number of methoxy groups -OCH3 is 1. The molecule has 2 heterocycles. The van der Waals surface area contributed by atoms with Crippen molar-refractivity contribution in [2.75, 3.05) is 18.6 Å². The number of carbonyl (C=O) groups is 2. The van der Waals surface area contributed by atoms with Gasteiger partial charge in [-0.3, -0.25) is 4.79 Å². The lowest BCUT2D eigenvalue weighted by atomic mass is 10.2. The molecule has 1 atom stereocenters. The molecule has 1 amide bonds. The average Bonchev–Trinajstić information content (AvgIpc) is 2.87. The minimum atomic E-state index is -0.625. The third-order valence-corrected chi connectivity index (χ3v) is 2.92. The standard InChI is InChI=1S/C11H14N4O3/c1-18-11(17)8-3-2-6-15(8)9-5-4-7(10(12)16)13-14-9/h4-5,8H,2-3,6H2,1H3,(H2,12,16). The van der Waals surface area contributed by atoms with E-state index < -0.39 is 5.91 Å². The highest BCUT2D eigenvalue weighted by molar-refractivity contribution is 5.90. The number of ether oxygens (including phenoxy) is 1. The van der Waals surface area contributed by atoms with Crippen LogP contribution in [0.2, 0.25) is 0 Å². The highest BCUT2D eigenvalue weighted by atomic mass is 16.5. The molecule has 2 rings (SSSR count). The van der Waals surface area contributed by atoms with Gasteiger partial charge in [-0.05, 0) is 25.0 Å². The van der Waals surface area contributed by atoms with Crippen molar-refractivity contribution < 1.29 is 14.3 Å². The summed E-state index contributed by atoms with van der Waals surface area (Å²) in [6.45, 7) is 0.713. The van der Waals surface area contributed by atoms with Gasteiger partial charge in [0.25, 0.3) is 5.91 Å². The number of rotatable bonds is 3. The van der Waals surface area contributed by atoms with Crippen LogP contribution < -0.4 is 10.6 Å². The summed E-state index contributed by atoms with van der Waals surface area (Å²) >= 11 is 0. The summed E-state index contributed by atoms with van der Waals surface area (Å²) in [5.74, 6) is -0.360. The van der Waals surface area contributed by atoms with E-state index in [1.165, 1.54) is 13.2 Å². The third-order valence-electron chi connectivity index (χ3n) is 2.92. The molecule has 7 heteroatoms. The van der Waals surface area contributed by atoms with E-state index in [9.17, 15) is 9.59 Å². The molecule has 1 unspecified atom stereocenters. The fourth-order valence-corrected chi connectivity index (χ4v) is 2.03. The molecule has 0 aliphatic carbocycles. The van der Waals surface area contributed by atoms with Gasteiger partial charge in [-0.15, -0.1) is 10.2 Å². The number of anilines is 1. The number of hydrogen-bond acceptors (Lipinski definition) is 6. The second-order valence-corrected chi connectivity index (χ2v) is 4.02. The summed E-state index contributed by atoms with van der Waals surface area (Å²) in [5.41, 5.74) is 5.19. The summed E-state index contributed by atoms with van der Waals surface area (Å²) in [6.07, 6.45) is 1.62. The van der Waals surface area contributed by atoms with E-state index in [1.807, 2.05) is 4.90 Å². The van der Waals surface area contributed by atoms with Gasteiger partial charge < -0.3 is 15.4 Å². The monoisotopic (exact) mass is 250 g/mol. The number of nitrogens with two attached hydrogens (primary N) is 1. The first-order chi connectivity index (χ1) is 8.63. The Labute approximate surface area is 104 Å². The molecule has 0 radical (unpaired) electrons. The Morgan fingerprint density at radius 3 is 2.78 bits per heavy atom. The molecule has 1 fully saturated rings. The Bertz CT molecular complexity index is 460. The average molecular weight is 250 g/mol. The minimum Gasteiger partial charge on any atom is -0.467 e. The van der Waals surface area contributed by atoms with Gasteiger partial charge in [0.05, 0.1) is 7.11 Å². The molecule has 2 N–H and O–H groups in total. The smallest absolute Gasteiger partial charge is 0.328 e. The van der Waals surface area contributed by atoms with Crippen molar-refractivity contribution in [2.45, 2.75) is 18.9 Å². The van der Waals surface area contributed by atoms with Gasteiger partial charge in [0.2, 0.25) is 0 Å². The highest BCUT2D eigenvalue weighted by Gasteiger charge is 2.32. The first kappa shape index (κ1) is 12.3. The highest BCUT2D eigenvalue weighted by Crippen LogP contribution is 2.23. The van der Waals surface area contributed by atoms with Crippen molar-refractivity contribution in [3.8, 4) is 0 Å². The van der Waals surface area contributed by atoms with Crippen LogP contribution in [0.15, 0.2) is 12.1 Å². The number of esters is 1. The number of nitrogens with zero attached hydrogens (tertiary/aromatic N) is 3. The van der Waals surface area contributed by atoms with Gasteiger partial charge >= 0.3 is 5.97 Å². The normalized spacial score (nSPS) is 18.7. The zero-order valence-electron chi connectivity index (χ0n) is 10.00. The maximum Gasteiger partial charge on any atom is 0.328 e. The Morgan fingerprint density at radius 1 is 1.44 bits per heavy atom. The van der Waals surface area contributed by atoms with Gasteiger partial charge in [-0.25, -0.2) is 4.79 Å². The maximum atomic E-state index is 11.6. The van der Waals surface area contributed by atoms with Crippen molar-refractivity contribution >= 4 is 17.7 Å². The zero-order valence-corrected chi connectivity index (χ0v) is 10.00. The fourth-order valence-electron chi connectivity index (χ4n) is 2.03. The van der Waals surface area contributed by atoms with Crippen molar-refractivity contribution in [3.05, 3.63) is 17.8 Å². The van der Waals surface area contributed by atoms with E-state index in [4.69, 9.17) is 10.5 Å². The molecule has 1 aliphatic rings. The lowest BCUT2D eigenvalue weighted by Crippen LogP contribution is -2.37. The molecule has 0 aromatic carbocycles. The molecule has 0 bridgehead atoms. The van der Waals surface area contributed by atoms with Crippen LogP contribution in [0.1, 0.15) is 23.3 Å². The predicted molar refractivity (Wildman–Crippen MR) is 62.9 cm³/mol. The van der Waals surface area contributed by atoms with E-state index in [0.29, 0.717) is 12.4 Å². The zero-order chi connectivity index (χ0) is 13.1. The quantitative estimate of drug-likeness (QED) is 0.741. The number of carbonyl (C=O) groups excluding carboxylic acids is 2. The largest absolute Gasteiger partial charge is 0.467 e. The number of aromatic nitrogens is 2. The van der Waals surface area contributed by atoms with Crippen molar-refractivity contribution in [3.63, 3.8) is 0 Å². The molecule has 1 aromatic heterocycles. The van der Waals surface area contributed by atoms with E-state index in [2.05, 4.69) is 10.2 Å². The van der Waals surface area contributed by atoms with E-state index in [0.717, 1.165) is 12.8 Å². The molecule has 1 saturated heterocycles. The van der Waals surface area contributed by atoms with Crippen molar-refractivity contribution in [1.29, 1.82) is 0 Å². The van der Waals surface area contributed by atoms with Gasteiger partial charge in [0, 0.05) is 6.54 Å². The number of hydrogen-bond donors (Lipinski definition) is 1. The summed E-state index contributed by atoms with van der Waals surface area (Å²) in [6, 6.07) is 2.80.